The van der Waals surface area contributed by atoms with E-state index in [0.29, 0.717) is 24.5 Å². The van der Waals surface area contributed by atoms with Gasteiger partial charge in [0.25, 0.3) is 0 Å². The first-order valence-corrected chi connectivity index (χ1v) is 6.15. The zero-order chi connectivity index (χ0) is 14.0. The predicted octanol–water partition coefficient (Wildman–Crippen LogP) is 0.553. The molecule has 1 heterocycles. The Kier molecular flexibility index (Phi) is 3.92. The molecule has 1 fully saturated rings. The first-order valence-electron chi connectivity index (χ1n) is 6.15. The lowest BCUT2D eigenvalue weighted by molar-refractivity contribution is -0.0103. The molecule has 104 valence electrons. The van der Waals surface area contributed by atoms with Crippen LogP contribution in [-0.2, 0) is 4.74 Å². The summed E-state index contributed by atoms with van der Waals surface area (Å²) in [5.41, 5.74) is 7.03. The normalized spacial score (nSPS) is 23.4. The first-order chi connectivity index (χ1) is 9.04. The number of carboxylic acids is 1. The molecule has 1 aromatic rings. The van der Waals surface area contributed by atoms with Crippen molar-refractivity contribution in [3.8, 4) is 0 Å². The van der Waals surface area contributed by atoms with E-state index in [9.17, 15) is 15.0 Å². The maximum atomic E-state index is 11.3. The number of hydrogen-bond acceptors (Lipinski definition) is 5. The lowest BCUT2D eigenvalue weighted by Gasteiger charge is -2.40. The number of nitrogens with two attached hydrogens (primary N) is 1. The highest BCUT2D eigenvalue weighted by Crippen LogP contribution is 2.31. The fraction of sp³-hybridized carbons (Fsp3) is 0.462. The number of aliphatic hydroxyl groups excluding tert-OH is 1. The van der Waals surface area contributed by atoms with Crippen LogP contribution >= 0.6 is 0 Å². The van der Waals surface area contributed by atoms with Gasteiger partial charge in [-0.05, 0) is 19.1 Å². The van der Waals surface area contributed by atoms with Crippen LogP contribution in [0.5, 0.6) is 0 Å². The van der Waals surface area contributed by atoms with Crippen LogP contribution < -0.4 is 10.6 Å². The van der Waals surface area contributed by atoms with Crippen molar-refractivity contribution in [1.82, 2.24) is 0 Å². The Morgan fingerprint density at radius 3 is 2.95 bits per heavy atom. The van der Waals surface area contributed by atoms with Gasteiger partial charge in [0.2, 0.25) is 0 Å². The van der Waals surface area contributed by atoms with Crippen molar-refractivity contribution < 1.29 is 19.7 Å². The first kappa shape index (κ1) is 13.6. The van der Waals surface area contributed by atoms with Gasteiger partial charge in [-0.3, -0.25) is 0 Å². The number of aromatic carboxylic acids is 1. The van der Waals surface area contributed by atoms with E-state index < -0.39 is 5.97 Å². The second kappa shape index (κ2) is 5.46. The second-order valence-corrected chi connectivity index (χ2v) is 4.69. The van der Waals surface area contributed by atoms with E-state index in [1.807, 2.05) is 11.8 Å². The van der Waals surface area contributed by atoms with Crippen molar-refractivity contribution in [1.29, 1.82) is 0 Å². The standard InChI is InChI=1S/C13H18N2O4/c1-8-7-19-9(6-16)5-15(8)12-10(13(17)18)3-2-4-11(12)14/h2-4,8-9,16H,5-7,14H2,1H3,(H,17,18). The number of morpholine rings is 1. The fourth-order valence-electron chi connectivity index (χ4n) is 2.29. The third-order valence-electron chi connectivity index (χ3n) is 3.29. The number of benzene rings is 1. The molecule has 0 saturated carbocycles. The fourth-order valence-corrected chi connectivity index (χ4v) is 2.29. The molecule has 2 rings (SSSR count). The minimum atomic E-state index is -1.01. The molecule has 0 spiro atoms. The number of rotatable bonds is 3. The van der Waals surface area contributed by atoms with Crippen LogP contribution in [0.2, 0.25) is 0 Å². The zero-order valence-electron chi connectivity index (χ0n) is 10.7. The number of para-hydroxylation sites is 1. The van der Waals surface area contributed by atoms with Gasteiger partial charge in [-0.25, -0.2) is 4.79 Å². The van der Waals surface area contributed by atoms with Crippen LogP contribution in [0.15, 0.2) is 18.2 Å². The highest BCUT2D eigenvalue weighted by Gasteiger charge is 2.29. The molecule has 4 N–H and O–H groups in total. The molecule has 2 unspecified atom stereocenters. The molecule has 1 saturated heterocycles. The molecule has 1 aromatic carbocycles. The Bertz CT molecular complexity index is 478. The van der Waals surface area contributed by atoms with E-state index in [4.69, 9.17) is 10.5 Å². The molecule has 0 bridgehead atoms. The Morgan fingerprint density at radius 2 is 2.32 bits per heavy atom. The van der Waals surface area contributed by atoms with Crippen molar-refractivity contribution >= 4 is 17.3 Å². The van der Waals surface area contributed by atoms with Crippen LogP contribution in [0.1, 0.15) is 17.3 Å². The molecule has 19 heavy (non-hydrogen) atoms. The average molecular weight is 266 g/mol. The molecule has 0 amide bonds. The Morgan fingerprint density at radius 1 is 1.58 bits per heavy atom. The van der Waals surface area contributed by atoms with Crippen LogP contribution in [0.4, 0.5) is 11.4 Å². The maximum Gasteiger partial charge on any atom is 0.337 e. The van der Waals surface area contributed by atoms with E-state index in [-0.39, 0.29) is 24.3 Å². The molecule has 1 aliphatic rings. The quantitative estimate of drug-likeness (QED) is 0.692. The van der Waals surface area contributed by atoms with Gasteiger partial charge in [0.05, 0.1) is 36.3 Å². The van der Waals surface area contributed by atoms with Gasteiger partial charge in [-0.2, -0.15) is 0 Å². The monoisotopic (exact) mass is 266 g/mol. The molecule has 6 heteroatoms. The van der Waals surface area contributed by atoms with Gasteiger partial charge in [0.15, 0.2) is 0 Å². The van der Waals surface area contributed by atoms with Gasteiger partial charge in [-0.1, -0.05) is 6.07 Å². The minimum absolute atomic E-state index is 0.00519. The van der Waals surface area contributed by atoms with Crippen LogP contribution in [0.25, 0.3) is 0 Å². The summed E-state index contributed by atoms with van der Waals surface area (Å²) in [6.45, 7) is 2.69. The van der Waals surface area contributed by atoms with Crippen LogP contribution in [-0.4, -0.2) is 48.1 Å². The number of hydrogen-bond donors (Lipinski definition) is 3. The SMILES string of the molecule is CC1COC(CO)CN1c1c(N)cccc1C(=O)O. The minimum Gasteiger partial charge on any atom is -0.478 e. The maximum absolute atomic E-state index is 11.3. The van der Waals surface area contributed by atoms with Gasteiger partial charge in [0, 0.05) is 12.6 Å². The summed E-state index contributed by atoms with van der Waals surface area (Å²) in [5.74, 6) is -1.01. The third-order valence-corrected chi connectivity index (χ3v) is 3.29. The zero-order valence-corrected chi connectivity index (χ0v) is 10.7. The van der Waals surface area contributed by atoms with Crippen molar-refractivity contribution in [3.05, 3.63) is 23.8 Å². The Balaban J connectivity index is 2.41. The molecular formula is C13H18N2O4. The summed E-state index contributed by atoms with van der Waals surface area (Å²) in [7, 11) is 0. The van der Waals surface area contributed by atoms with Gasteiger partial charge >= 0.3 is 5.97 Å². The van der Waals surface area contributed by atoms with Gasteiger partial charge in [-0.15, -0.1) is 0 Å². The molecule has 0 radical (unpaired) electrons. The van der Waals surface area contributed by atoms with Gasteiger partial charge < -0.3 is 25.6 Å². The van der Waals surface area contributed by atoms with Crippen LogP contribution in [0, 0.1) is 0 Å². The molecule has 6 nitrogen and oxygen atoms in total. The van der Waals surface area contributed by atoms with Crippen molar-refractivity contribution in [2.75, 3.05) is 30.4 Å². The summed E-state index contributed by atoms with van der Waals surface area (Å²) in [6, 6.07) is 4.84. The number of aliphatic hydroxyl groups is 1. The number of carboxylic acid groups (broad SMARTS) is 1. The average Bonchev–Trinajstić information content (AvgIpc) is 2.39. The third kappa shape index (κ3) is 2.64. The predicted molar refractivity (Wildman–Crippen MR) is 71.4 cm³/mol. The van der Waals surface area contributed by atoms with E-state index in [1.54, 1.807) is 12.1 Å². The Labute approximate surface area is 111 Å². The van der Waals surface area contributed by atoms with Crippen LogP contribution in [0.3, 0.4) is 0 Å². The molecule has 1 aliphatic heterocycles. The summed E-state index contributed by atoms with van der Waals surface area (Å²) in [6.07, 6.45) is -0.322. The largest absolute Gasteiger partial charge is 0.478 e. The number of nitrogens with zero attached hydrogens (tertiary/aromatic N) is 1. The molecule has 2 atom stereocenters. The highest BCUT2D eigenvalue weighted by molar-refractivity contribution is 5.98. The van der Waals surface area contributed by atoms with Gasteiger partial charge in [0.1, 0.15) is 0 Å². The van der Waals surface area contributed by atoms with Crippen molar-refractivity contribution in [2.24, 2.45) is 0 Å². The Hall–Kier alpha value is -1.79. The molecule has 0 aliphatic carbocycles. The van der Waals surface area contributed by atoms with E-state index in [1.165, 1.54) is 6.07 Å². The smallest absolute Gasteiger partial charge is 0.337 e. The van der Waals surface area contributed by atoms with E-state index in [2.05, 4.69) is 0 Å². The summed E-state index contributed by atoms with van der Waals surface area (Å²) in [5, 5.41) is 18.5. The summed E-state index contributed by atoms with van der Waals surface area (Å²) < 4.78 is 5.45. The summed E-state index contributed by atoms with van der Waals surface area (Å²) in [4.78, 5) is 13.2. The summed E-state index contributed by atoms with van der Waals surface area (Å²) >= 11 is 0. The topological polar surface area (TPSA) is 96.0 Å². The van der Waals surface area contributed by atoms with E-state index >= 15 is 0 Å². The number of carbonyl (C=O) groups is 1. The second-order valence-electron chi connectivity index (χ2n) is 4.69. The van der Waals surface area contributed by atoms with Crippen molar-refractivity contribution in [2.45, 2.75) is 19.1 Å². The lowest BCUT2D eigenvalue weighted by atomic mass is 10.1. The number of nitrogen functional groups attached to an aromatic ring is 1. The van der Waals surface area contributed by atoms with E-state index in [0.717, 1.165) is 0 Å². The number of anilines is 2. The highest BCUT2D eigenvalue weighted by atomic mass is 16.5. The lowest BCUT2D eigenvalue weighted by Crippen LogP contribution is -2.50. The molecule has 0 aromatic heterocycles. The van der Waals surface area contributed by atoms with Crippen molar-refractivity contribution in [3.63, 3.8) is 0 Å². The number of ether oxygens (including phenoxy) is 1. The molecular weight excluding hydrogens is 248 g/mol.